The lowest BCUT2D eigenvalue weighted by atomic mass is 10.2. The number of anilines is 1. The number of guanidine groups is 1. The third-order valence-electron chi connectivity index (χ3n) is 3.50. The Balaban J connectivity index is 0.00000784. The summed E-state index contributed by atoms with van der Waals surface area (Å²) in [7, 11) is 1.52. The Labute approximate surface area is 185 Å². The third-order valence-corrected chi connectivity index (χ3v) is 3.50. The van der Waals surface area contributed by atoms with Crippen molar-refractivity contribution in [1.82, 2.24) is 10.6 Å². The molecule has 1 aromatic carbocycles. The van der Waals surface area contributed by atoms with E-state index >= 15 is 0 Å². The van der Waals surface area contributed by atoms with E-state index in [2.05, 4.69) is 27.9 Å². The molecule has 0 spiro atoms. The molecule has 0 heterocycles. The molecule has 0 atom stereocenters. The summed E-state index contributed by atoms with van der Waals surface area (Å²) < 4.78 is 50.3. The van der Waals surface area contributed by atoms with Crippen molar-refractivity contribution in [2.45, 2.75) is 19.8 Å². The van der Waals surface area contributed by atoms with Gasteiger partial charge >= 0.3 is 0 Å². The summed E-state index contributed by atoms with van der Waals surface area (Å²) in [5.74, 6) is -4.73. The molecule has 0 aliphatic carbocycles. The van der Waals surface area contributed by atoms with Crippen molar-refractivity contribution in [3.05, 3.63) is 29.6 Å². The number of halogens is 4. The van der Waals surface area contributed by atoms with Crippen molar-refractivity contribution in [3.63, 3.8) is 0 Å². The highest BCUT2D eigenvalue weighted by atomic mass is 127. The van der Waals surface area contributed by atoms with Gasteiger partial charge in [0.25, 0.3) is 0 Å². The van der Waals surface area contributed by atoms with E-state index < -0.39 is 29.0 Å². The van der Waals surface area contributed by atoms with E-state index in [0.29, 0.717) is 32.3 Å². The summed E-state index contributed by atoms with van der Waals surface area (Å²) in [5, 5.41) is 7.81. The fourth-order valence-electron chi connectivity index (χ4n) is 2.01. The summed E-state index contributed by atoms with van der Waals surface area (Å²) in [4.78, 5) is 15.8. The summed E-state index contributed by atoms with van der Waals surface area (Å²) in [6, 6.07) is 1.68. The van der Waals surface area contributed by atoms with E-state index in [1.54, 1.807) is 0 Å². The third kappa shape index (κ3) is 11.2. The first kappa shape index (κ1) is 27.4. The number of nitrogens with one attached hydrogen (secondary N) is 3. The molecule has 0 bridgehead atoms. The van der Waals surface area contributed by atoms with Crippen LogP contribution in [0.3, 0.4) is 0 Å². The van der Waals surface area contributed by atoms with Gasteiger partial charge in [-0.15, -0.1) is 24.0 Å². The zero-order valence-corrected chi connectivity index (χ0v) is 18.9. The summed E-state index contributed by atoms with van der Waals surface area (Å²) in [6.07, 6.45) is 2.12. The van der Waals surface area contributed by atoms with Crippen LogP contribution in [0.25, 0.3) is 0 Å². The van der Waals surface area contributed by atoms with Gasteiger partial charge in [-0.25, -0.2) is 13.2 Å². The molecule has 0 saturated heterocycles. The van der Waals surface area contributed by atoms with Crippen LogP contribution in [0.5, 0.6) is 0 Å². The standard InChI is InChI=1S/C18H27F3N4O3.HI/c1-3-4-8-27-10-11-28-9-7-23-18(22-2)24-12-15(26)25-14-6-5-13(19)16(20)17(14)21;/h5-6H,3-4,7-12H2,1-2H3,(H,25,26)(H2,22,23,24);1H. The van der Waals surface area contributed by atoms with Crippen molar-refractivity contribution in [1.29, 1.82) is 0 Å². The van der Waals surface area contributed by atoms with Crippen LogP contribution >= 0.6 is 24.0 Å². The number of carbonyl (C=O) groups is 1. The number of unbranched alkanes of at least 4 members (excludes halogenated alkanes) is 1. The molecule has 0 unspecified atom stereocenters. The molecule has 11 heteroatoms. The van der Waals surface area contributed by atoms with Gasteiger partial charge in [0.05, 0.1) is 32.1 Å². The number of nitrogens with zero attached hydrogens (tertiary/aromatic N) is 1. The minimum absolute atomic E-state index is 0. The van der Waals surface area contributed by atoms with Crippen LogP contribution in [-0.2, 0) is 14.3 Å². The molecule has 1 aromatic rings. The van der Waals surface area contributed by atoms with Gasteiger partial charge in [-0.1, -0.05) is 13.3 Å². The Bertz CT molecular complexity index is 651. The zero-order chi connectivity index (χ0) is 20.8. The normalized spacial score (nSPS) is 11.0. The van der Waals surface area contributed by atoms with Gasteiger partial charge in [0.15, 0.2) is 23.4 Å². The van der Waals surface area contributed by atoms with E-state index in [1.807, 2.05) is 0 Å². The van der Waals surface area contributed by atoms with Gasteiger partial charge in [0.1, 0.15) is 0 Å². The van der Waals surface area contributed by atoms with Crippen molar-refractivity contribution in [3.8, 4) is 0 Å². The smallest absolute Gasteiger partial charge is 0.243 e. The fourth-order valence-corrected chi connectivity index (χ4v) is 2.01. The van der Waals surface area contributed by atoms with Gasteiger partial charge in [-0.05, 0) is 18.6 Å². The molecule has 0 aliphatic heterocycles. The molecule has 1 amide bonds. The maximum absolute atomic E-state index is 13.5. The topological polar surface area (TPSA) is 84.0 Å². The Kier molecular flexibility index (Phi) is 15.3. The highest BCUT2D eigenvalue weighted by Gasteiger charge is 2.15. The average molecular weight is 532 g/mol. The number of hydrogen-bond donors (Lipinski definition) is 3. The molecular formula is C18H28F3IN4O3. The minimum atomic E-state index is -1.64. The molecule has 0 aromatic heterocycles. The molecule has 3 N–H and O–H groups in total. The lowest BCUT2D eigenvalue weighted by molar-refractivity contribution is -0.115. The highest BCUT2D eigenvalue weighted by Crippen LogP contribution is 2.19. The first-order valence-electron chi connectivity index (χ1n) is 9.03. The van der Waals surface area contributed by atoms with Crippen molar-refractivity contribution in [2.75, 3.05) is 51.9 Å². The number of aliphatic imine (C=N–C) groups is 1. The second-order valence-corrected chi connectivity index (χ2v) is 5.70. The Morgan fingerprint density at radius 3 is 2.38 bits per heavy atom. The van der Waals surface area contributed by atoms with Crippen molar-refractivity contribution < 1.29 is 27.4 Å². The van der Waals surface area contributed by atoms with Crippen molar-refractivity contribution in [2.24, 2.45) is 4.99 Å². The lowest BCUT2D eigenvalue weighted by Crippen LogP contribution is -2.42. The number of rotatable bonds is 12. The van der Waals surface area contributed by atoms with E-state index in [9.17, 15) is 18.0 Å². The number of ether oxygens (including phenoxy) is 2. The second-order valence-electron chi connectivity index (χ2n) is 5.70. The summed E-state index contributed by atoms with van der Waals surface area (Å²) in [5.41, 5.74) is -0.441. The Morgan fingerprint density at radius 2 is 1.72 bits per heavy atom. The Hall–Kier alpha value is -1.60. The van der Waals surface area contributed by atoms with Gasteiger partial charge < -0.3 is 25.4 Å². The molecule has 0 fully saturated rings. The molecule has 0 saturated carbocycles. The second kappa shape index (κ2) is 16.2. The monoisotopic (exact) mass is 532 g/mol. The van der Waals surface area contributed by atoms with Crippen LogP contribution < -0.4 is 16.0 Å². The number of amides is 1. The molecule has 29 heavy (non-hydrogen) atoms. The van der Waals surface area contributed by atoms with E-state index in [1.165, 1.54) is 7.05 Å². The van der Waals surface area contributed by atoms with Crippen LogP contribution in [0.1, 0.15) is 19.8 Å². The van der Waals surface area contributed by atoms with Crippen LogP contribution in [0.2, 0.25) is 0 Å². The predicted molar refractivity (Wildman–Crippen MR) is 116 cm³/mol. The highest BCUT2D eigenvalue weighted by molar-refractivity contribution is 14.0. The molecule has 166 valence electrons. The quantitative estimate of drug-likeness (QED) is 0.127. The summed E-state index contributed by atoms with van der Waals surface area (Å²) >= 11 is 0. The molecule has 7 nitrogen and oxygen atoms in total. The SMILES string of the molecule is CCCCOCCOCCNC(=NC)NCC(=O)Nc1ccc(F)c(F)c1F.I. The maximum atomic E-state index is 13.5. The number of benzene rings is 1. The van der Waals surface area contributed by atoms with Gasteiger partial charge in [-0.3, -0.25) is 9.79 Å². The van der Waals surface area contributed by atoms with E-state index in [-0.39, 0.29) is 30.5 Å². The van der Waals surface area contributed by atoms with E-state index in [4.69, 9.17) is 9.47 Å². The number of carbonyl (C=O) groups excluding carboxylic acids is 1. The number of hydrogen-bond acceptors (Lipinski definition) is 4. The fraction of sp³-hybridized carbons (Fsp3) is 0.556. The molecule has 0 radical (unpaired) electrons. The van der Waals surface area contributed by atoms with E-state index in [0.717, 1.165) is 31.6 Å². The lowest BCUT2D eigenvalue weighted by Gasteiger charge is -2.12. The van der Waals surface area contributed by atoms with Crippen LogP contribution in [0.15, 0.2) is 17.1 Å². The van der Waals surface area contributed by atoms with Gasteiger partial charge in [-0.2, -0.15) is 0 Å². The van der Waals surface area contributed by atoms with Gasteiger partial charge in [0, 0.05) is 20.2 Å². The van der Waals surface area contributed by atoms with Gasteiger partial charge in [0.2, 0.25) is 5.91 Å². The predicted octanol–water partition coefficient (Wildman–Crippen LogP) is 2.66. The Morgan fingerprint density at radius 1 is 1.03 bits per heavy atom. The molecule has 1 rings (SSSR count). The first-order chi connectivity index (χ1) is 13.5. The molecule has 0 aliphatic rings. The maximum Gasteiger partial charge on any atom is 0.243 e. The summed E-state index contributed by atoms with van der Waals surface area (Å²) in [6.45, 7) is 4.47. The largest absolute Gasteiger partial charge is 0.379 e. The van der Waals surface area contributed by atoms with Crippen LogP contribution in [0, 0.1) is 17.5 Å². The van der Waals surface area contributed by atoms with Crippen LogP contribution in [0.4, 0.5) is 18.9 Å². The molecular weight excluding hydrogens is 504 g/mol. The van der Waals surface area contributed by atoms with Crippen molar-refractivity contribution >= 4 is 41.5 Å². The average Bonchev–Trinajstić information content (AvgIpc) is 2.69. The first-order valence-corrected chi connectivity index (χ1v) is 9.03. The zero-order valence-electron chi connectivity index (χ0n) is 16.5. The minimum Gasteiger partial charge on any atom is -0.379 e. The van der Waals surface area contributed by atoms with Crippen LogP contribution in [-0.4, -0.2) is 58.4 Å².